The lowest BCUT2D eigenvalue weighted by Crippen LogP contribution is -2.48. The molecule has 0 spiro atoms. The number of hydrogen-bond acceptors (Lipinski definition) is 4. The molecular formula is C14H25N3O4. The number of amides is 2. The number of nitrogens with zero attached hydrogens (tertiary/aromatic N) is 3. The van der Waals surface area contributed by atoms with Crippen LogP contribution in [-0.2, 0) is 4.79 Å². The molecule has 0 aromatic heterocycles. The summed E-state index contributed by atoms with van der Waals surface area (Å²) in [6, 6.07) is -0.157. The molecule has 4 atom stereocenters. The molecule has 2 amide bonds. The molecule has 0 aliphatic carbocycles. The Labute approximate surface area is 125 Å². The molecule has 0 radical (unpaired) electrons. The monoisotopic (exact) mass is 299 g/mol. The van der Waals surface area contributed by atoms with E-state index < -0.39 is 18.0 Å². The van der Waals surface area contributed by atoms with Gasteiger partial charge in [0.1, 0.15) is 0 Å². The molecule has 7 nitrogen and oxygen atoms in total. The molecule has 2 fully saturated rings. The Hall–Kier alpha value is -1.34. The molecule has 0 aromatic rings. The number of urea groups is 1. The van der Waals surface area contributed by atoms with Gasteiger partial charge in [-0.15, -0.1) is 0 Å². The maximum Gasteiger partial charge on any atom is 0.320 e. The van der Waals surface area contributed by atoms with Crippen molar-refractivity contribution in [1.82, 2.24) is 14.7 Å². The number of carboxylic acids is 1. The molecule has 2 aliphatic heterocycles. The fourth-order valence-corrected chi connectivity index (χ4v) is 3.35. The fraction of sp³-hybridized carbons (Fsp3) is 0.857. The van der Waals surface area contributed by atoms with Crippen molar-refractivity contribution in [3.05, 3.63) is 0 Å². The Morgan fingerprint density at radius 1 is 1.24 bits per heavy atom. The van der Waals surface area contributed by atoms with Gasteiger partial charge in [0.25, 0.3) is 0 Å². The third-order valence-corrected chi connectivity index (χ3v) is 4.41. The summed E-state index contributed by atoms with van der Waals surface area (Å²) in [5, 5.41) is 19.0. The number of hydrogen-bond donors (Lipinski definition) is 2. The lowest BCUT2D eigenvalue weighted by molar-refractivity contribution is -0.142. The van der Waals surface area contributed by atoms with Crippen molar-refractivity contribution in [2.24, 2.45) is 11.8 Å². The first-order valence-electron chi connectivity index (χ1n) is 7.40. The molecule has 2 aliphatic rings. The third-order valence-electron chi connectivity index (χ3n) is 4.41. The fourth-order valence-electron chi connectivity index (χ4n) is 3.35. The third kappa shape index (κ3) is 3.47. The number of rotatable bonds is 3. The Morgan fingerprint density at radius 2 is 1.90 bits per heavy atom. The van der Waals surface area contributed by atoms with Crippen molar-refractivity contribution in [2.45, 2.75) is 25.5 Å². The number of likely N-dealkylation sites (N-methyl/N-ethyl adjacent to an activating group) is 1. The first-order valence-corrected chi connectivity index (χ1v) is 7.40. The van der Waals surface area contributed by atoms with E-state index in [1.807, 2.05) is 25.9 Å². The topological polar surface area (TPSA) is 84.3 Å². The largest absolute Gasteiger partial charge is 0.481 e. The van der Waals surface area contributed by atoms with Crippen molar-refractivity contribution in [2.75, 3.05) is 40.3 Å². The van der Waals surface area contributed by atoms with Crippen LogP contribution in [-0.4, -0.2) is 89.3 Å². The van der Waals surface area contributed by atoms with Gasteiger partial charge in [-0.3, -0.25) is 4.79 Å². The zero-order chi connectivity index (χ0) is 15.7. The van der Waals surface area contributed by atoms with E-state index in [2.05, 4.69) is 0 Å². The van der Waals surface area contributed by atoms with Crippen LogP contribution in [0.25, 0.3) is 0 Å². The van der Waals surface area contributed by atoms with Crippen LogP contribution < -0.4 is 0 Å². The van der Waals surface area contributed by atoms with Crippen LogP contribution in [0.3, 0.4) is 0 Å². The zero-order valence-electron chi connectivity index (χ0n) is 12.9. The van der Waals surface area contributed by atoms with Gasteiger partial charge in [0.15, 0.2) is 0 Å². The average molecular weight is 299 g/mol. The molecule has 0 aromatic carbocycles. The second kappa shape index (κ2) is 6.19. The second-order valence-corrected chi connectivity index (χ2v) is 6.57. The van der Waals surface area contributed by atoms with E-state index in [1.165, 1.54) is 0 Å². The highest BCUT2D eigenvalue weighted by Gasteiger charge is 2.42. The minimum absolute atomic E-state index is 0.0123. The molecule has 7 heteroatoms. The maximum absolute atomic E-state index is 12.6. The highest BCUT2D eigenvalue weighted by molar-refractivity contribution is 5.78. The van der Waals surface area contributed by atoms with E-state index >= 15 is 0 Å². The van der Waals surface area contributed by atoms with Crippen molar-refractivity contribution in [3.63, 3.8) is 0 Å². The number of aliphatic hydroxyl groups excluding tert-OH is 1. The Morgan fingerprint density at radius 3 is 2.43 bits per heavy atom. The molecule has 0 bridgehead atoms. The van der Waals surface area contributed by atoms with Crippen LogP contribution in [0.1, 0.15) is 13.3 Å². The van der Waals surface area contributed by atoms with Gasteiger partial charge in [-0.05, 0) is 26.4 Å². The molecular weight excluding hydrogens is 274 g/mol. The number of carbonyl (C=O) groups excluding carboxylic acids is 1. The number of carbonyl (C=O) groups is 2. The highest BCUT2D eigenvalue weighted by atomic mass is 16.4. The standard InChI is InChI=1S/C14H25N3O4/c1-9-5-16(8-12(9)13(19)20)14(21)17-7-11(18)4-10(17)6-15(2)3/h9-12,18H,4-8H2,1-3H3,(H,19,20)/t9-,10?,11?,12-/m1/s1. The smallest absolute Gasteiger partial charge is 0.320 e. The molecule has 2 N–H and O–H groups in total. The van der Waals surface area contributed by atoms with Gasteiger partial charge < -0.3 is 24.9 Å². The molecule has 2 rings (SSSR count). The molecule has 120 valence electrons. The summed E-state index contributed by atoms with van der Waals surface area (Å²) in [6.07, 6.45) is 0.0876. The Bertz CT molecular complexity index is 415. The minimum Gasteiger partial charge on any atom is -0.481 e. The van der Waals surface area contributed by atoms with Crippen LogP contribution in [0.2, 0.25) is 0 Å². The zero-order valence-corrected chi connectivity index (χ0v) is 12.9. The van der Waals surface area contributed by atoms with Gasteiger partial charge in [0.05, 0.1) is 12.0 Å². The lowest BCUT2D eigenvalue weighted by Gasteiger charge is -2.30. The Kier molecular flexibility index (Phi) is 4.73. The number of β-amino-alcohol motifs (C(OH)–C–C–N with tert-alkyl or cyclic N) is 1. The van der Waals surface area contributed by atoms with E-state index in [9.17, 15) is 14.7 Å². The number of likely N-dealkylation sites (tertiary alicyclic amines) is 2. The highest BCUT2D eigenvalue weighted by Crippen LogP contribution is 2.27. The summed E-state index contributed by atoms with van der Waals surface area (Å²) < 4.78 is 0. The number of carboxylic acid groups (broad SMARTS) is 1. The number of aliphatic hydroxyl groups is 1. The van der Waals surface area contributed by atoms with Gasteiger partial charge >= 0.3 is 12.0 Å². The number of aliphatic carboxylic acids is 1. The summed E-state index contributed by atoms with van der Waals surface area (Å²) in [5.41, 5.74) is 0. The SMILES string of the molecule is C[C@@H]1CN(C(=O)N2CC(O)CC2CN(C)C)C[C@H]1C(=O)O. The molecule has 0 saturated carbocycles. The summed E-state index contributed by atoms with van der Waals surface area (Å²) in [7, 11) is 3.87. The van der Waals surface area contributed by atoms with Crippen molar-refractivity contribution < 1.29 is 19.8 Å². The first-order chi connectivity index (χ1) is 9.79. The predicted molar refractivity (Wildman–Crippen MR) is 76.9 cm³/mol. The minimum atomic E-state index is -0.843. The second-order valence-electron chi connectivity index (χ2n) is 6.57. The summed E-state index contributed by atoms with van der Waals surface area (Å²) in [6.45, 7) is 3.63. The summed E-state index contributed by atoms with van der Waals surface area (Å²) in [5.74, 6) is -1.37. The van der Waals surface area contributed by atoms with Gasteiger partial charge in [0.2, 0.25) is 0 Å². The van der Waals surface area contributed by atoms with E-state index in [4.69, 9.17) is 5.11 Å². The van der Waals surface area contributed by atoms with Gasteiger partial charge in [0, 0.05) is 32.2 Å². The van der Waals surface area contributed by atoms with Crippen molar-refractivity contribution in [3.8, 4) is 0 Å². The average Bonchev–Trinajstić information content (AvgIpc) is 2.91. The van der Waals surface area contributed by atoms with Crippen LogP contribution in [0.5, 0.6) is 0 Å². The van der Waals surface area contributed by atoms with E-state index in [0.717, 1.165) is 0 Å². The maximum atomic E-state index is 12.6. The van der Waals surface area contributed by atoms with Gasteiger partial charge in [-0.2, -0.15) is 0 Å². The van der Waals surface area contributed by atoms with Crippen LogP contribution >= 0.6 is 0 Å². The van der Waals surface area contributed by atoms with Gasteiger partial charge in [-0.1, -0.05) is 6.92 Å². The first kappa shape index (κ1) is 16.0. The van der Waals surface area contributed by atoms with Gasteiger partial charge in [-0.25, -0.2) is 4.79 Å². The predicted octanol–water partition coefficient (Wildman–Crippen LogP) is -0.244. The molecule has 2 heterocycles. The Balaban J connectivity index is 2.03. The molecule has 2 unspecified atom stereocenters. The van der Waals surface area contributed by atoms with Crippen LogP contribution in [0, 0.1) is 11.8 Å². The van der Waals surface area contributed by atoms with Crippen molar-refractivity contribution in [1.29, 1.82) is 0 Å². The molecule has 21 heavy (non-hydrogen) atoms. The summed E-state index contributed by atoms with van der Waals surface area (Å²) >= 11 is 0. The van der Waals surface area contributed by atoms with Crippen molar-refractivity contribution >= 4 is 12.0 Å². The van der Waals surface area contributed by atoms with E-state index in [1.54, 1.807) is 9.80 Å². The van der Waals surface area contributed by atoms with Crippen LogP contribution in [0.15, 0.2) is 0 Å². The van der Waals surface area contributed by atoms with E-state index in [-0.39, 0.29) is 24.5 Å². The molecule has 2 saturated heterocycles. The quantitative estimate of drug-likeness (QED) is 0.751. The van der Waals surface area contributed by atoms with E-state index in [0.29, 0.717) is 26.1 Å². The summed E-state index contributed by atoms with van der Waals surface area (Å²) in [4.78, 5) is 29.1. The van der Waals surface area contributed by atoms with Crippen LogP contribution in [0.4, 0.5) is 4.79 Å². The normalized spacial score (nSPS) is 33.0. The lowest BCUT2D eigenvalue weighted by atomic mass is 9.99.